The zero-order valence-electron chi connectivity index (χ0n) is 16.8. The molecule has 0 atom stereocenters. The van der Waals surface area contributed by atoms with Gasteiger partial charge in [0, 0.05) is 37.8 Å². The number of benzene rings is 2. The minimum absolute atomic E-state index is 0.0929. The zero-order valence-corrected chi connectivity index (χ0v) is 18.4. The Hall–Kier alpha value is -2.33. The highest BCUT2D eigenvalue weighted by Crippen LogP contribution is 2.26. The fraction of sp³-hybridized carbons (Fsp3) is 0.286. The maximum absolute atomic E-state index is 13.2. The number of aromatic nitrogens is 1. The predicted molar refractivity (Wildman–Crippen MR) is 115 cm³/mol. The summed E-state index contributed by atoms with van der Waals surface area (Å²) in [7, 11) is -7.46. The van der Waals surface area contributed by atoms with Crippen molar-refractivity contribution in [1.82, 2.24) is 13.6 Å². The van der Waals surface area contributed by atoms with E-state index in [0.29, 0.717) is 5.52 Å². The number of pyridine rings is 1. The Balaban J connectivity index is 1.57. The largest absolute Gasteiger partial charge is 0.255 e. The standard InChI is InChI=1S/C21H23N3O4S2/c1-16-8-9-19(15-17(16)2)29(25,26)23-11-13-24(14-12-23)30(27,28)20-7-3-5-18-6-4-10-22-21(18)20/h3-10,15H,11-14H2,1-2H3. The van der Waals surface area contributed by atoms with Crippen LogP contribution in [0.1, 0.15) is 11.1 Å². The van der Waals surface area contributed by atoms with Crippen LogP contribution in [-0.4, -0.2) is 56.6 Å². The van der Waals surface area contributed by atoms with E-state index < -0.39 is 20.0 Å². The molecular formula is C21H23N3O4S2. The van der Waals surface area contributed by atoms with Crippen molar-refractivity contribution in [3.8, 4) is 0 Å². The molecule has 2 aromatic carbocycles. The fourth-order valence-corrected chi connectivity index (χ4v) is 6.69. The SMILES string of the molecule is Cc1ccc(S(=O)(=O)N2CCN(S(=O)(=O)c3cccc4cccnc34)CC2)cc1C. The molecule has 2 heterocycles. The molecule has 1 saturated heterocycles. The Morgan fingerprint density at radius 1 is 0.767 bits per heavy atom. The molecule has 0 spiro atoms. The van der Waals surface area contributed by atoms with Gasteiger partial charge in [0.05, 0.1) is 10.4 Å². The average Bonchev–Trinajstić information content (AvgIpc) is 2.75. The maximum Gasteiger partial charge on any atom is 0.245 e. The second kappa shape index (κ2) is 7.73. The van der Waals surface area contributed by atoms with Crippen LogP contribution in [0.5, 0.6) is 0 Å². The summed E-state index contributed by atoms with van der Waals surface area (Å²) in [6.45, 7) is 4.19. The molecule has 1 aromatic heterocycles. The van der Waals surface area contributed by atoms with Gasteiger partial charge in [-0.25, -0.2) is 16.8 Å². The van der Waals surface area contributed by atoms with Gasteiger partial charge in [-0.3, -0.25) is 4.98 Å². The van der Waals surface area contributed by atoms with E-state index in [2.05, 4.69) is 4.98 Å². The number of hydrogen-bond acceptors (Lipinski definition) is 5. The van der Waals surface area contributed by atoms with Crippen molar-refractivity contribution in [2.24, 2.45) is 0 Å². The highest BCUT2D eigenvalue weighted by atomic mass is 32.2. The van der Waals surface area contributed by atoms with Crippen molar-refractivity contribution in [2.45, 2.75) is 23.6 Å². The molecule has 30 heavy (non-hydrogen) atoms. The van der Waals surface area contributed by atoms with E-state index in [-0.39, 0.29) is 36.0 Å². The lowest BCUT2D eigenvalue weighted by molar-refractivity contribution is 0.273. The van der Waals surface area contributed by atoms with Crippen molar-refractivity contribution >= 4 is 30.9 Å². The molecule has 9 heteroatoms. The Morgan fingerprint density at radius 2 is 1.40 bits per heavy atom. The van der Waals surface area contributed by atoms with Gasteiger partial charge in [-0.1, -0.05) is 24.3 Å². The van der Waals surface area contributed by atoms with E-state index in [9.17, 15) is 16.8 Å². The fourth-order valence-electron chi connectivity index (χ4n) is 3.60. The lowest BCUT2D eigenvalue weighted by atomic mass is 10.1. The zero-order chi connectivity index (χ0) is 21.5. The first-order valence-electron chi connectivity index (χ1n) is 9.62. The van der Waals surface area contributed by atoms with Crippen LogP contribution in [0.2, 0.25) is 0 Å². The molecule has 0 bridgehead atoms. The third-order valence-electron chi connectivity index (χ3n) is 5.53. The monoisotopic (exact) mass is 445 g/mol. The lowest BCUT2D eigenvalue weighted by Gasteiger charge is -2.33. The van der Waals surface area contributed by atoms with Gasteiger partial charge in [0.1, 0.15) is 4.90 Å². The summed E-state index contributed by atoms with van der Waals surface area (Å²) in [5.74, 6) is 0. The number of sulfonamides is 2. The molecule has 0 aliphatic carbocycles. The molecule has 0 radical (unpaired) electrons. The van der Waals surface area contributed by atoms with Crippen molar-refractivity contribution in [1.29, 1.82) is 0 Å². The first-order chi connectivity index (χ1) is 14.2. The highest BCUT2D eigenvalue weighted by Gasteiger charge is 2.34. The topological polar surface area (TPSA) is 87.7 Å². The maximum atomic E-state index is 13.2. The lowest BCUT2D eigenvalue weighted by Crippen LogP contribution is -2.50. The summed E-state index contributed by atoms with van der Waals surface area (Å²) in [4.78, 5) is 4.62. The van der Waals surface area contributed by atoms with Crippen LogP contribution < -0.4 is 0 Å². The summed E-state index contributed by atoms with van der Waals surface area (Å²) in [5, 5.41) is 0.745. The van der Waals surface area contributed by atoms with Gasteiger partial charge >= 0.3 is 0 Å². The van der Waals surface area contributed by atoms with E-state index in [1.165, 1.54) is 8.61 Å². The number of fused-ring (bicyclic) bond motifs is 1. The Labute approximate surface area is 177 Å². The molecule has 0 saturated carbocycles. The number of para-hydroxylation sites is 1. The van der Waals surface area contributed by atoms with Gasteiger partial charge in [0.15, 0.2) is 0 Å². The summed E-state index contributed by atoms with van der Waals surface area (Å²) in [6, 6.07) is 13.7. The van der Waals surface area contributed by atoms with Gasteiger partial charge in [-0.2, -0.15) is 8.61 Å². The van der Waals surface area contributed by atoms with Crippen LogP contribution in [0.25, 0.3) is 10.9 Å². The van der Waals surface area contributed by atoms with Crippen LogP contribution in [0.15, 0.2) is 64.5 Å². The molecule has 1 aliphatic rings. The molecule has 0 N–H and O–H groups in total. The van der Waals surface area contributed by atoms with Crippen molar-refractivity contribution in [3.63, 3.8) is 0 Å². The minimum Gasteiger partial charge on any atom is -0.255 e. The Bertz CT molecular complexity index is 1310. The van der Waals surface area contributed by atoms with Crippen LogP contribution in [0.3, 0.4) is 0 Å². The second-order valence-electron chi connectivity index (χ2n) is 7.39. The molecule has 4 rings (SSSR count). The van der Waals surface area contributed by atoms with Gasteiger partial charge in [-0.05, 0) is 49.2 Å². The van der Waals surface area contributed by atoms with Crippen molar-refractivity contribution < 1.29 is 16.8 Å². The third-order valence-corrected chi connectivity index (χ3v) is 9.35. The molecule has 3 aromatic rings. The molecule has 1 fully saturated rings. The Kier molecular flexibility index (Phi) is 5.39. The predicted octanol–water partition coefficient (Wildman–Crippen LogP) is 2.55. The molecule has 7 nitrogen and oxygen atoms in total. The molecule has 0 amide bonds. The van der Waals surface area contributed by atoms with E-state index in [4.69, 9.17) is 0 Å². The van der Waals surface area contributed by atoms with E-state index in [1.807, 2.05) is 26.0 Å². The minimum atomic E-state index is -3.79. The number of nitrogens with zero attached hydrogens (tertiary/aromatic N) is 3. The quantitative estimate of drug-likeness (QED) is 0.616. The van der Waals surface area contributed by atoms with Gasteiger partial charge in [0.25, 0.3) is 0 Å². The third kappa shape index (κ3) is 3.62. The van der Waals surface area contributed by atoms with Crippen LogP contribution >= 0.6 is 0 Å². The van der Waals surface area contributed by atoms with Crippen molar-refractivity contribution in [2.75, 3.05) is 26.2 Å². The summed E-state index contributed by atoms with van der Waals surface area (Å²) in [5.41, 5.74) is 2.35. The van der Waals surface area contributed by atoms with E-state index >= 15 is 0 Å². The average molecular weight is 446 g/mol. The summed E-state index contributed by atoms with van der Waals surface area (Å²) < 4.78 is 55.1. The first-order valence-corrected chi connectivity index (χ1v) is 12.5. The van der Waals surface area contributed by atoms with E-state index in [1.54, 1.807) is 42.6 Å². The molecule has 1 aliphatic heterocycles. The number of hydrogen-bond donors (Lipinski definition) is 0. The Morgan fingerprint density at radius 3 is 2.07 bits per heavy atom. The smallest absolute Gasteiger partial charge is 0.245 e. The summed E-state index contributed by atoms with van der Waals surface area (Å²) >= 11 is 0. The number of aryl methyl sites for hydroxylation is 2. The van der Waals surface area contributed by atoms with Gasteiger partial charge in [-0.15, -0.1) is 0 Å². The normalized spacial score (nSPS) is 16.7. The molecule has 0 unspecified atom stereocenters. The van der Waals surface area contributed by atoms with Crippen LogP contribution in [0.4, 0.5) is 0 Å². The van der Waals surface area contributed by atoms with Crippen molar-refractivity contribution in [3.05, 3.63) is 65.9 Å². The number of piperazine rings is 1. The van der Waals surface area contributed by atoms with Gasteiger partial charge in [0.2, 0.25) is 20.0 Å². The van der Waals surface area contributed by atoms with Crippen LogP contribution in [0, 0.1) is 13.8 Å². The number of rotatable bonds is 4. The van der Waals surface area contributed by atoms with Gasteiger partial charge < -0.3 is 0 Å². The van der Waals surface area contributed by atoms with E-state index in [0.717, 1.165) is 16.5 Å². The molecule has 158 valence electrons. The second-order valence-corrected chi connectivity index (χ2v) is 11.2. The van der Waals surface area contributed by atoms with Crippen LogP contribution in [-0.2, 0) is 20.0 Å². The summed E-state index contributed by atoms with van der Waals surface area (Å²) in [6.07, 6.45) is 1.56. The highest BCUT2D eigenvalue weighted by molar-refractivity contribution is 7.89. The first kappa shape index (κ1) is 20.9. The molecular weight excluding hydrogens is 422 g/mol.